The molecule has 0 N–H and O–H groups in total. The standard InChI is InChI=1S/C51H32O/c1-3-11-39-34(9-1)23-24-36-20-19-33(30-46(36)39)29-32-17-21-37(22-18-32)49-41-13-5-7-15-43(41)50(44-16-8-6-14-42(44)49)38-26-28-48-47(31-38)45-27-25-35-10-2-4-12-40(35)51(45)52-48/h1-28,30-31H,29H2/i1D,2D,3D,4D,5D,6D,7D,8D,9D,10D,11D,12D,13D,14D,15D,16D,17D,18D,19D,20D,21D,22D,23D,24D,25D,26D,27D,28D,30D,31D. The number of fused-ring (bicyclic) bond motifs is 10. The third-order valence-corrected chi connectivity index (χ3v) is 8.71. The second-order valence-electron chi connectivity index (χ2n) is 11.6. The van der Waals surface area contributed by atoms with Crippen molar-refractivity contribution in [2.75, 3.05) is 0 Å². The molecule has 0 saturated heterocycles. The first-order valence-corrected chi connectivity index (χ1v) is 15.6. The molecule has 11 rings (SSSR count). The van der Waals surface area contributed by atoms with Crippen LogP contribution in [0.1, 0.15) is 52.2 Å². The Hall–Kier alpha value is -6.70. The summed E-state index contributed by atoms with van der Waals surface area (Å²) in [6.45, 7) is 0. The Kier molecular flexibility index (Phi) is 2.68. The summed E-state index contributed by atoms with van der Waals surface area (Å²) in [5, 5.41) is -6.62. The molecule has 0 atom stereocenters. The summed E-state index contributed by atoms with van der Waals surface area (Å²) in [5.74, 6) is 0. The summed E-state index contributed by atoms with van der Waals surface area (Å²) >= 11 is 0. The number of rotatable bonds is 4. The second kappa shape index (κ2) is 11.4. The smallest absolute Gasteiger partial charge is 0.143 e. The maximum atomic E-state index is 9.85. The predicted octanol–water partition coefficient (Wildman–Crippen LogP) is 14.3. The number of hydrogen-bond acceptors (Lipinski definition) is 1. The number of hydrogen-bond donors (Lipinski definition) is 0. The van der Waals surface area contributed by atoms with E-state index in [4.69, 9.17) is 29.1 Å². The maximum absolute atomic E-state index is 9.85. The molecular formula is C51H32O. The lowest BCUT2D eigenvalue weighted by molar-refractivity contribution is 0.672. The van der Waals surface area contributed by atoms with Crippen LogP contribution in [0.15, 0.2) is 186 Å². The summed E-state index contributed by atoms with van der Waals surface area (Å²) in [5.41, 5.74) is -5.21. The van der Waals surface area contributed by atoms with E-state index in [0.29, 0.717) is 0 Å². The lowest BCUT2D eigenvalue weighted by Gasteiger charge is -2.18. The van der Waals surface area contributed by atoms with Gasteiger partial charge in [-0.05, 0) is 106 Å². The lowest BCUT2D eigenvalue weighted by atomic mass is 9.85. The van der Waals surface area contributed by atoms with Crippen LogP contribution < -0.4 is 0 Å². The van der Waals surface area contributed by atoms with Crippen LogP contribution in [0.2, 0.25) is 0 Å². The quantitative estimate of drug-likeness (QED) is 0.132. The molecule has 10 aromatic carbocycles. The van der Waals surface area contributed by atoms with Crippen molar-refractivity contribution in [3.63, 3.8) is 0 Å². The Morgan fingerprint density at radius 3 is 1.54 bits per heavy atom. The van der Waals surface area contributed by atoms with Crippen LogP contribution in [0.3, 0.4) is 0 Å². The van der Waals surface area contributed by atoms with Crippen molar-refractivity contribution < 1.29 is 45.5 Å². The number of furan rings is 1. The number of benzene rings is 10. The van der Waals surface area contributed by atoms with Gasteiger partial charge in [-0.3, -0.25) is 0 Å². The van der Waals surface area contributed by atoms with Gasteiger partial charge in [0.1, 0.15) is 11.2 Å². The predicted molar refractivity (Wildman–Crippen MR) is 221 cm³/mol. The fraction of sp³-hybridized carbons (Fsp3) is 0.0196. The lowest BCUT2D eigenvalue weighted by Crippen LogP contribution is -1.92. The molecular weight excluding hydrogens is 629 g/mol. The first kappa shape index (κ1) is 12.2. The Bertz CT molecular complexity index is 4840. The zero-order valence-corrected chi connectivity index (χ0v) is 26.1. The summed E-state index contributed by atoms with van der Waals surface area (Å²) in [6.07, 6.45) is -0.878. The van der Waals surface area contributed by atoms with Gasteiger partial charge in [-0.25, -0.2) is 0 Å². The SMILES string of the molecule is [2H]c1c([2H])c(-c2c3c([2H])c([2H])c([2H])c([2H])c3c(-c3c([2H])c([2H])c4oc5c6c([2H])c([2H])c([2H])c([2H])c6c([2H])c([2H])c5c4c3[2H])c3c([2H])c([2H])c([2H])c([2H])c23)c([2H])c([2H])c1Cc1c([2H])c([2H])c2c([2H])c([2H])c3c([2H])c([2H])c([2H])c([2H])c3c2c1[2H]. The molecule has 1 heterocycles. The molecule has 0 fully saturated rings. The summed E-state index contributed by atoms with van der Waals surface area (Å²) in [4.78, 5) is 0. The molecule has 0 amide bonds. The van der Waals surface area contributed by atoms with E-state index in [-0.39, 0.29) is 0 Å². The molecule has 0 aliphatic carbocycles. The monoisotopic (exact) mass is 690 g/mol. The highest BCUT2D eigenvalue weighted by atomic mass is 16.3. The van der Waals surface area contributed by atoms with Gasteiger partial charge in [-0.1, -0.05) is 163 Å². The van der Waals surface area contributed by atoms with Gasteiger partial charge in [0.25, 0.3) is 0 Å². The van der Waals surface area contributed by atoms with E-state index in [9.17, 15) is 16.4 Å². The highest BCUT2D eigenvalue weighted by molar-refractivity contribution is 6.23. The van der Waals surface area contributed by atoms with E-state index >= 15 is 0 Å². The molecule has 0 aliphatic heterocycles. The molecule has 0 spiro atoms. The molecule has 0 radical (unpaired) electrons. The first-order chi connectivity index (χ1) is 38.3. The average Bonchev–Trinajstić information content (AvgIpc) is 1.21. The highest BCUT2D eigenvalue weighted by Crippen LogP contribution is 2.45. The Morgan fingerprint density at radius 1 is 0.346 bits per heavy atom. The van der Waals surface area contributed by atoms with E-state index in [0.717, 1.165) is 0 Å². The van der Waals surface area contributed by atoms with Crippen LogP contribution in [0, 0.1) is 0 Å². The van der Waals surface area contributed by atoms with Gasteiger partial charge >= 0.3 is 0 Å². The zero-order chi connectivity index (χ0) is 60.3. The Labute approximate surface area is 343 Å². The van der Waals surface area contributed by atoms with Gasteiger partial charge in [0.2, 0.25) is 0 Å². The van der Waals surface area contributed by atoms with Crippen molar-refractivity contribution in [1.29, 1.82) is 0 Å². The normalized spacial score (nSPS) is 20.0. The summed E-state index contributed by atoms with van der Waals surface area (Å²) < 4.78 is 277. The summed E-state index contributed by atoms with van der Waals surface area (Å²) in [7, 11) is 0. The van der Waals surface area contributed by atoms with Gasteiger partial charge in [-0.2, -0.15) is 0 Å². The molecule has 242 valence electrons. The first-order valence-electron chi connectivity index (χ1n) is 30.6. The third kappa shape index (κ3) is 4.49. The van der Waals surface area contributed by atoms with Crippen molar-refractivity contribution >= 4 is 75.8 Å². The summed E-state index contributed by atoms with van der Waals surface area (Å²) in [6, 6.07) is -25.9. The third-order valence-electron chi connectivity index (χ3n) is 8.71. The topological polar surface area (TPSA) is 13.1 Å². The van der Waals surface area contributed by atoms with Gasteiger partial charge in [0.15, 0.2) is 0 Å². The van der Waals surface area contributed by atoms with Crippen molar-refractivity contribution in [1.82, 2.24) is 0 Å². The molecule has 1 aromatic heterocycles. The van der Waals surface area contributed by atoms with Crippen molar-refractivity contribution in [2.45, 2.75) is 6.42 Å². The minimum atomic E-state index is -1.02. The minimum absolute atomic E-state index is 0.420. The van der Waals surface area contributed by atoms with Crippen LogP contribution in [0.25, 0.3) is 98.1 Å². The van der Waals surface area contributed by atoms with Crippen LogP contribution in [0.4, 0.5) is 0 Å². The van der Waals surface area contributed by atoms with Crippen LogP contribution in [-0.2, 0) is 6.42 Å². The molecule has 0 bridgehead atoms. The molecule has 0 aliphatic rings. The highest BCUT2D eigenvalue weighted by Gasteiger charge is 2.18. The van der Waals surface area contributed by atoms with Gasteiger partial charge in [-0.15, -0.1) is 0 Å². The van der Waals surface area contributed by atoms with Crippen LogP contribution in [-0.4, -0.2) is 0 Å². The molecule has 1 nitrogen and oxygen atoms in total. The van der Waals surface area contributed by atoms with Gasteiger partial charge in [0, 0.05) is 16.2 Å². The van der Waals surface area contributed by atoms with Crippen molar-refractivity contribution in [2.24, 2.45) is 0 Å². The minimum Gasteiger partial charge on any atom is -0.455 e. The molecule has 1 heteroatoms. The van der Waals surface area contributed by atoms with Crippen LogP contribution in [0.5, 0.6) is 0 Å². The second-order valence-corrected chi connectivity index (χ2v) is 11.6. The largest absolute Gasteiger partial charge is 0.455 e. The van der Waals surface area contributed by atoms with E-state index in [1.54, 1.807) is 0 Å². The van der Waals surface area contributed by atoms with Gasteiger partial charge < -0.3 is 4.42 Å². The fourth-order valence-electron chi connectivity index (χ4n) is 6.42. The Morgan fingerprint density at radius 2 is 0.846 bits per heavy atom. The van der Waals surface area contributed by atoms with Crippen molar-refractivity contribution in [3.05, 3.63) is 192 Å². The average molecular weight is 691 g/mol. The molecule has 52 heavy (non-hydrogen) atoms. The van der Waals surface area contributed by atoms with E-state index in [1.807, 2.05) is 0 Å². The maximum Gasteiger partial charge on any atom is 0.143 e. The van der Waals surface area contributed by atoms with Crippen molar-refractivity contribution in [3.8, 4) is 22.3 Å². The fourth-order valence-corrected chi connectivity index (χ4v) is 6.42. The van der Waals surface area contributed by atoms with Gasteiger partial charge in [0.05, 0.1) is 41.1 Å². The molecule has 0 saturated carbocycles. The molecule has 0 unspecified atom stereocenters. The van der Waals surface area contributed by atoms with Crippen LogP contribution >= 0.6 is 0 Å². The van der Waals surface area contributed by atoms with E-state index < -0.39 is 297 Å². The zero-order valence-electron chi connectivity index (χ0n) is 56.1. The van der Waals surface area contributed by atoms with E-state index in [2.05, 4.69) is 0 Å². The molecule has 11 aromatic rings. The Balaban J connectivity index is 1.28. The van der Waals surface area contributed by atoms with E-state index in [1.165, 1.54) is 0 Å².